The van der Waals surface area contributed by atoms with E-state index in [1.807, 2.05) is 55.6 Å². The van der Waals surface area contributed by atoms with Crippen LogP contribution in [0.4, 0.5) is 0 Å². The molecule has 0 atom stereocenters. The predicted octanol–water partition coefficient (Wildman–Crippen LogP) is 5.39. The second-order valence-corrected chi connectivity index (χ2v) is 7.88. The number of hydrogen-bond donors (Lipinski definition) is 0. The molecule has 1 amide bonds. The van der Waals surface area contributed by atoms with E-state index in [2.05, 4.69) is 26.9 Å². The molecule has 0 saturated heterocycles. The fourth-order valence-electron chi connectivity index (χ4n) is 4.00. The number of aromatic nitrogens is 3. The maximum atomic E-state index is 13.7. The van der Waals surface area contributed by atoms with Crippen LogP contribution in [-0.4, -0.2) is 32.1 Å². The van der Waals surface area contributed by atoms with Gasteiger partial charge in [-0.05, 0) is 30.2 Å². The fourth-order valence-corrected chi connectivity index (χ4v) is 4.00. The zero-order valence-electron chi connectivity index (χ0n) is 18.3. The molecule has 0 radical (unpaired) electrons. The number of para-hydroxylation sites is 1. The van der Waals surface area contributed by atoms with Crippen molar-refractivity contribution >= 4 is 16.8 Å². The zero-order valence-corrected chi connectivity index (χ0v) is 18.3. The van der Waals surface area contributed by atoms with E-state index < -0.39 is 0 Å². The molecule has 7 heteroatoms. The molecule has 3 aromatic heterocycles. The summed E-state index contributed by atoms with van der Waals surface area (Å²) in [5, 5.41) is 9.10. The van der Waals surface area contributed by atoms with Gasteiger partial charge in [-0.3, -0.25) is 4.79 Å². The summed E-state index contributed by atoms with van der Waals surface area (Å²) in [6.45, 7) is 3.55. The highest BCUT2D eigenvalue weighted by Crippen LogP contribution is 2.25. The zero-order chi connectivity index (χ0) is 22.6. The Morgan fingerprint density at radius 3 is 2.61 bits per heavy atom. The molecule has 0 saturated carbocycles. The second-order valence-electron chi connectivity index (χ2n) is 7.88. The Hall–Kier alpha value is -4.13. The standard InChI is InChI=1S/C26H24N4O3/c1-2-14-29(18-24-27-28-25(33-24)23-13-8-15-32-23)26(31)21-17-30(16-19-9-4-3-5-10-19)22-12-7-6-11-20(21)22/h3-13,15,17H,2,14,16,18H2,1H3. The Balaban J connectivity index is 1.44. The van der Waals surface area contributed by atoms with Crippen LogP contribution in [0.15, 0.2) is 88.0 Å². The average Bonchev–Trinajstić information content (AvgIpc) is 3.60. The van der Waals surface area contributed by atoms with Gasteiger partial charge in [0.25, 0.3) is 11.8 Å². The smallest absolute Gasteiger partial charge is 0.283 e. The molecule has 0 spiro atoms. The Kier molecular flexibility index (Phi) is 5.76. The van der Waals surface area contributed by atoms with Crippen LogP contribution >= 0.6 is 0 Å². The lowest BCUT2D eigenvalue weighted by Crippen LogP contribution is -2.31. The lowest BCUT2D eigenvalue weighted by Gasteiger charge is -2.20. The van der Waals surface area contributed by atoms with Crippen molar-refractivity contribution in [2.45, 2.75) is 26.4 Å². The van der Waals surface area contributed by atoms with Crippen molar-refractivity contribution < 1.29 is 13.6 Å². The number of fused-ring (bicyclic) bond motifs is 1. The Bertz CT molecular complexity index is 1350. The molecule has 0 aliphatic carbocycles. The van der Waals surface area contributed by atoms with E-state index in [0.29, 0.717) is 36.2 Å². The van der Waals surface area contributed by atoms with Gasteiger partial charge in [0.15, 0.2) is 5.76 Å². The highest BCUT2D eigenvalue weighted by molar-refractivity contribution is 6.07. The van der Waals surface area contributed by atoms with Crippen molar-refractivity contribution in [3.8, 4) is 11.7 Å². The first-order valence-electron chi connectivity index (χ1n) is 11.0. The summed E-state index contributed by atoms with van der Waals surface area (Å²) < 4.78 is 13.2. The van der Waals surface area contributed by atoms with E-state index in [0.717, 1.165) is 17.3 Å². The quantitative estimate of drug-likeness (QED) is 0.323. The third-order valence-electron chi connectivity index (χ3n) is 5.52. The Labute approximate surface area is 191 Å². The van der Waals surface area contributed by atoms with Crippen molar-refractivity contribution in [3.05, 3.63) is 96.2 Å². The van der Waals surface area contributed by atoms with Gasteiger partial charge in [-0.2, -0.15) is 0 Å². The highest BCUT2D eigenvalue weighted by Gasteiger charge is 2.23. The minimum atomic E-state index is -0.0578. The van der Waals surface area contributed by atoms with E-state index in [1.165, 1.54) is 5.56 Å². The summed E-state index contributed by atoms with van der Waals surface area (Å²) in [5.41, 5.74) is 2.87. The maximum Gasteiger partial charge on any atom is 0.283 e. The molecule has 3 heterocycles. The molecule has 7 nitrogen and oxygen atoms in total. The van der Waals surface area contributed by atoms with Crippen LogP contribution in [0.5, 0.6) is 0 Å². The molecule has 2 aromatic carbocycles. The second kappa shape index (κ2) is 9.16. The lowest BCUT2D eigenvalue weighted by molar-refractivity contribution is 0.0730. The molecular weight excluding hydrogens is 416 g/mol. The molecule has 33 heavy (non-hydrogen) atoms. The minimum Gasteiger partial charge on any atom is -0.459 e. The van der Waals surface area contributed by atoms with Gasteiger partial charge >= 0.3 is 0 Å². The molecule has 166 valence electrons. The van der Waals surface area contributed by atoms with E-state index >= 15 is 0 Å². The number of furan rings is 1. The number of nitrogens with zero attached hydrogens (tertiary/aromatic N) is 4. The van der Waals surface area contributed by atoms with Crippen LogP contribution in [0.2, 0.25) is 0 Å². The Morgan fingerprint density at radius 1 is 1.00 bits per heavy atom. The predicted molar refractivity (Wildman–Crippen MR) is 125 cm³/mol. The molecule has 0 unspecified atom stereocenters. The summed E-state index contributed by atoms with van der Waals surface area (Å²) in [7, 11) is 0. The molecule has 0 aliphatic rings. The number of hydrogen-bond acceptors (Lipinski definition) is 5. The molecule has 0 aliphatic heterocycles. The topological polar surface area (TPSA) is 77.3 Å². The molecule has 5 aromatic rings. The summed E-state index contributed by atoms with van der Waals surface area (Å²) in [6, 6.07) is 21.8. The van der Waals surface area contributed by atoms with Gasteiger partial charge in [-0.1, -0.05) is 55.5 Å². The number of carbonyl (C=O) groups excluding carboxylic acids is 1. The van der Waals surface area contributed by atoms with Crippen molar-refractivity contribution in [1.82, 2.24) is 19.7 Å². The SMILES string of the molecule is CCCN(Cc1nnc(-c2ccco2)o1)C(=O)c1cn(Cc2ccccc2)c2ccccc12. The number of amides is 1. The summed E-state index contributed by atoms with van der Waals surface area (Å²) in [4.78, 5) is 15.4. The van der Waals surface area contributed by atoms with E-state index in [4.69, 9.17) is 8.83 Å². The molecule has 5 rings (SSSR count). The van der Waals surface area contributed by atoms with Gasteiger partial charge in [-0.15, -0.1) is 10.2 Å². The first-order valence-corrected chi connectivity index (χ1v) is 11.0. The number of benzene rings is 2. The number of rotatable bonds is 8. The van der Waals surface area contributed by atoms with Crippen molar-refractivity contribution in [2.75, 3.05) is 6.54 Å². The fraction of sp³-hybridized carbons (Fsp3) is 0.192. The Morgan fingerprint density at radius 2 is 1.82 bits per heavy atom. The minimum absolute atomic E-state index is 0.0578. The highest BCUT2D eigenvalue weighted by atomic mass is 16.4. The van der Waals surface area contributed by atoms with Gasteiger partial charge in [0, 0.05) is 30.2 Å². The summed E-state index contributed by atoms with van der Waals surface area (Å²) >= 11 is 0. The van der Waals surface area contributed by atoms with Crippen LogP contribution in [-0.2, 0) is 13.1 Å². The van der Waals surface area contributed by atoms with Crippen molar-refractivity contribution in [1.29, 1.82) is 0 Å². The van der Waals surface area contributed by atoms with Gasteiger partial charge < -0.3 is 18.3 Å². The van der Waals surface area contributed by atoms with Gasteiger partial charge in [0.05, 0.1) is 18.4 Å². The molecule has 0 fully saturated rings. The maximum absolute atomic E-state index is 13.7. The normalized spacial score (nSPS) is 11.2. The summed E-state index contributed by atoms with van der Waals surface area (Å²) in [5.74, 6) is 1.12. The van der Waals surface area contributed by atoms with Crippen LogP contribution in [0.25, 0.3) is 22.6 Å². The van der Waals surface area contributed by atoms with Crippen molar-refractivity contribution in [3.63, 3.8) is 0 Å². The van der Waals surface area contributed by atoms with E-state index in [1.54, 1.807) is 23.3 Å². The van der Waals surface area contributed by atoms with E-state index in [-0.39, 0.29) is 12.5 Å². The van der Waals surface area contributed by atoms with E-state index in [9.17, 15) is 4.79 Å². The van der Waals surface area contributed by atoms with Gasteiger partial charge in [-0.25, -0.2) is 0 Å². The summed E-state index contributed by atoms with van der Waals surface area (Å²) in [6.07, 6.45) is 4.32. The largest absolute Gasteiger partial charge is 0.459 e. The number of carbonyl (C=O) groups is 1. The molecular formula is C26H24N4O3. The van der Waals surface area contributed by atoms with Crippen LogP contribution in [0, 0.1) is 0 Å². The monoisotopic (exact) mass is 440 g/mol. The molecule has 0 bridgehead atoms. The lowest BCUT2D eigenvalue weighted by atomic mass is 10.1. The third kappa shape index (κ3) is 4.30. The third-order valence-corrected chi connectivity index (χ3v) is 5.52. The van der Waals surface area contributed by atoms with Gasteiger partial charge in [0.1, 0.15) is 0 Å². The van der Waals surface area contributed by atoms with Crippen LogP contribution < -0.4 is 0 Å². The van der Waals surface area contributed by atoms with Crippen molar-refractivity contribution in [2.24, 2.45) is 0 Å². The van der Waals surface area contributed by atoms with Crippen LogP contribution in [0.3, 0.4) is 0 Å². The average molecular weight is 441 g/mol. The van der Waals surface area contributed by atoms with Gasteiger partial charge in [0.2, 0.25) is 5.89 Å². The molecule has 0 N–H and O–H groups in total. The first-order chi connectivity index (χ1) is 16.2. The first kappa shape index (κ1) is 20.8. The van der Waals surface area contributed by atoms with Crippen LogP contribution in [0.1, 0.15) is 35.2 Å².